The highest BCUT2D eigenvalue weighted by molar-refractivity contribution is 5.95. The maximum Gasteiger partial charge on any atom is 0.274 e. The van der Waals surface area contributed by atoms with Gasteiger partial charge in [0, 0.05) is 17.9 Å². The van der Waals surface area contributed by atoms with Crippen LogP contribution >= 0.6 is 0 Å². The van der Waals surface area contributed by atoms with Crippen LogP contribution in [0.3, 0.4) is 0 Å². The van der Waals surface area contributed by atoms with E-state index < -0.39 is 12.0 Å². The topological polar surface area (TPSA) is 76.7 Å². The van der Waals surface area contributed by atoms with Gasteiger partial charge in [-0.05, 0) is 37.6 Å². The molecule has 0 saturated carbocycles. The SMILES string of the molecule is CCCCOC[C@@H](ONC(=O)c1ccc(C)cc1)C(=O)Nc1ccccc1. The van der Waals surface area contributed by atoms with Crippen LogP contribution in [0, 0.1) is 6.92 Å². The lowest BCUT2D eigenvalue weighted by molar-refractivity contribution is -0.136. The van der Waals surface area contributed by atoms with E-state index in [1.165, 1.54) is 0 Å². The zero-order valence-corrected chi connectivity index (χ0v) is 15.7. The summed E-state index contributed by atoms with van der Waals surface area (Å²) in [4.78, 5) is 30.1. The molecule has 0 aliphatic carbocycles. The lowest BCUT2D eigenvalue weighted by atomic mass is 10.1. The van der Waals surface area contributed by atoms with E-state index in [9.17, 15) is 9.59 Å². The van der Waals surface area contributed by atoms with Gasteiger partial charge in [0.05, 0.1) is 6.61 Å². The van der Waals surface area contributed by atoms with E-state index in [-0.39, 0.29) is 12.5 Å². The Morgan fingerprint density at radius 1 is 1.04 bits per heavy atom. The summed E-state index contributed by atoms with van der Waals surface area (Å²) < 4.78 is 5.51. The second-order valence-corrected chi connectivity index (χ2v) is 6.19. The molecular weight excluding hydrogens is 344 g/mol. The summed E-state index contributed by atoms with van der Waals surface area (Å²) in [5.74, 6) is -0.803. The molecule has 2 N–H and O–H groups in total. The predicted octanol–water partition coefficient (Wildman–Crippen LogP) is 3.48. The van der Waals surface area contributed by atoms with Crippen molar-refractivity contribution in [2.75, 3.05) is 18.5 Å². The summed E-state index contributed by atoms with van der Waals surface area (Å²) in [6, 6.07) is 16.1. The van der Waals surface area contributed by atoms with E-state index in [1.54, 1.807) is 24.3 Å². The number of carbonyl (C=O) groups is 2. The molecule has 0 aliphatic heterocycles. The zero-order chi connectivity index (χ0) is 19.5. The molecule has 2 amide bonds. The van der Waals surface area contributed by atoms with E-state index in [1.807, 2.05) is 37.3 Å². The van der Waals surface area contributed by atoms with Crippen molar-refractivity contribution in [2.45, 2.75) is 32.8 Å². The Hall–Kier alpha value is -2.70. The van der Waals surface area contributed by atoms with Crippen molar-refractivity contribution in [3.8, 4) is 0 Å². The molecule has 27 heavy (non-hydrogen) atoms. The molecular formula is C21H26N2O4. The van der Waals surface area contributed by atoms with Gasteiger partial charge in [-0.3, -0.25) is 14.4 Å². The monoisotopic (exact) mass is 370 g/mol. The number of rotatable bonds is 10. The predicted molar refractivity (Wildman–Crippen MR) is 104 cm³/mol. The fraction of sp³-hybridized carbons (Fsp3) is 0.333. The van der Waals surface area contributed by atoms with Gasteiger partial charge in [-0.2, -0.15) is 0 Å². The van der Waals surface area contributed by atoms with Gasteiger partial charge in [0.25, 0.3) is 11.8 Å². The van der Waals surface area contributed by atoms with Gasteiger partial charge >= 0.3 is 0 Å². The Morgan fingerprint density at radius 3 is 2.41 bits per heavy atom. The molecule has 6 heteroatoms. The minimum atomic E-state index is -0.962. The van der Waals surface area contributed by atoms with Gasteiger partial charge in [-0.15, -0.1) is 0 Å². The first kappa shape index (κ1) is 20.6. The first-order chi connectivity index (χ1) is 13.1. The Bertz CT molecular complexity index is 717. The molecule has 0 fully saturated rings. The molecule has 0 unspecified atom stereocenters. The quantitative estimate of drug-likeness (QED) is 0.496. The van der Waals surface area contributed by atoms with Crippen LogP contribution in [0.25, 0.3) is 0 Å². The van der Waals surface area contributed by atoms with Gasteiger partial charge in [0.15, 0.2) is 6.10 Å². The van der Waals surface area contributed by atoms with Crippen LogP contribution in [0.1, 0.15) is 35.7 Å². The van der Waals surface area contributed by atoms with Gasteiger partial charge < -0.3 is 10.1 Å². The Kier molecular flexibility index (Phi) is 8.48. The number of hydroxylamine groups is 1. The van der Waals surface area contributed by atoms with E-state index >= 15 is 0 Å². The van der Waals surface area contributed by atoms with Crippen molar-refractivity contribution >= 4 is 17.5 Å². The fourth-order valence-electron chi connectivity index (χ4n) is 2.23. The molecule has 0 aliphatic rings. The minimum Gasteiger partial charge on any atom is -0.378 e. The number of nitrogens with one attached hydrogen (secondary N) is 2. The molecule has 2 aromatic carbocycles. The molecule has 2 aromatic rings. The summed E-state index contributed by atoms with van der Waals surface area (Å²) >= 11 is 0. The third-order valence-electron chi connectivity index (χ3n) is 3.85. The average molecular weight is 370 g/mol. The minimum absolute atomic E-state index is 0.0485. The first-order valence-electron chi connectivity index (χ1n) is 9.06. The lowest BCUT2D eigenvalue weighted by Crippen LogP contribution is -2.40. The summed E-state index contributed by atoms with van der Waals surface area (Å²) in [5.41, 5.74) is 4.50. The van der Waals surface area contributed by atoms with Crippen molar-refractivity contribution in [1.29, 1.82) is 0 Å². The van der Waals surface area contributed by atoms with Gasteiger partial charge in [0.1, 0.15) is 0 Å². The number of ether oxygens (including phenoxy) is 1. The molecule has 0 radical (unpaired) electrons. The summed E-state index contributed by atoms with van der Waals surface area (Å²) in [6.07, 6.45) is 0.922. The van der Waals surface area contributed by atoms with Crippen LogP contribution in [0.5, 0.6) is 0 Å². The van der Waals surface area contributed by atoms with Crippen molar-refractivity contribution in [1.82, 2.24) is 5.48 Å². The third-order valence-corrected chi connectivity index (χ3v) is 3.85. The molecule has 0 spiro atoms. The third kappa shape index (κ3) is 7.21. The van der Waals surface area contributed by atoms with Gasteiger partial charge in [0.2, 0.25) is 0 Å². The highest BCUT2D eigenvalue weighted by Gasteiger charge is 2.22. The van der Waals surface area contributed by atoms with Gasteiger partial charge in [-0.1, -0.05) is 49.2 Å². The van der Waals surface area contributed by atoms with Crippen molar-refractivity contribution in [3.05, 3.63) is 65.7 Å². The van der Waals surface area contributed by atoms with Crippen LogP contribution in [0.15, 0.2) is 54.6 Å². The molecule has 0 heterocycles. The van der Waals surface area contributed by atoms with E-state index in [2.05, 4.69) is 17.7 Å². The molecule has 0 bridgehead atoms. The van der Waals surface area contributed by atoms with Crippen LogP contribution in [0.4, 0.5) is 5.69 Å². The Balaban J connectivity index is 1.94. The molecule has 6 nitrogen and oxygen atoms in total. The largest absolute Gasteiger partial charge is 0.378 e. The molecule has 0 saturated heterocycles. The maximum atomic E-state index is 12.5. The molecule has 0 aromatic heterocycles. The number of hydrogen-bond donors (Lipinski definition) is 2. The van der Waals surface area contributed by atoms with E-state index in [0.29, 0.717) is 17.9 Å². The summed E-state index contributed by atoms with van der Waals surface area (Å²) in [5, 5.41) is 2.76. The fourth-order valence-corrected chi connectivity index (χ4v) is 2.23. The second-order valence-electron chi connectivity index (χ2n) is 6.19. The van der Waals surface area contributed by atoms with E-state index in [4.69, 9.17) is 9.57 Å². The number of anilines is 1. The van der Waals surface area contributed by atoms with Crippen LogP contribution in [-0.2, 0) is 14.4 Å². The number of unbranched alkanes of at least 4 members (excludes halogenated alkanes) is 1. The van der Waals surface area contributed by atoms with Crippen LogP contribution < -0.4 is 10.8 Å². The van der Waals surface area contributed by atoms with Crippen LogP contribution in [0.2, 0.25) is 0 Å². The highest BCUT2D eigenvalue weighted by Crippen LogP contribution is 2.08. The molecule has 2 rings (SSSR count). The normalized spacial score (nSPS) is 11.6. The summed E-state index contributed by atoms with van der Waals surface area (Å²) in [6.45, 7) is 4.57. The number of carbonyl (C=O) groups excluding carboxylic acids is 2. The lowest BCUT2D eigenvalue weighted by Gasteiger charge is -2.18. The van der Waals surface area contributed by atoms with Crippen LogP contribution in [-0.4, -0.2) is 31.1 Å². The standard InChI is InChI=1S/C21H26N2O4/c1-3-4-14-26-15-19(21(25)22-18-8-6-5-7-9-18)27-23-20(24)17-12-10-16(2)11-13-17/h5-13,19H,3-4,14-15H2,1-2H3,(H,22,25)(H,23,24)/t19-/m1/s1. The number of amides is 2. The van der Waals surface area contributed by atoms with Crippen molar-refractivity contribution in [2.24, 2.45) is 0 Å². The Labute approximate surface area is 159 Å². The van der Waals surface area contributed by atoms with Gasteiger partial charge in [-0.25, -0.2) is 5.48 Å². The number of hydrogen-bond acceptors (Lipinski definition) is 4. The molecule has 144 valence electrons. The maximum absolute atomic E-state index is 12.5. The van der Waals surface area contributed by atoms with Crippen molar-refractivity contribution < 1.29 is 19.2 Å². The number of para-hydroxylation sites is 1. The zero-order valence-electron chi connectivity index (χ0n) is 15.7. The van der Waals surface area contributed by atoms with Crippen molar-refractivity contribution in [3.63, 3.8) is 0 Å². The first-order valence-corrected chi connectivity index (χ1v) is 9.06. The highest BCUT2D eigenvalue weighted by atomic mass is 16.7. The smallest absolute Gasteiger partial charge is 0.274 e. The average Bonchev–Trinajstić information content (AvgIpc) is 2.68. The number of benzene rings is 2. The Morgan fingerprint density at radius 2 is 1.74 bits per heavy atom. The summed E-state index contributed by atoms with van der Waals surface area (Å²) in [7, 11) is 0. The molecule has 1 atom stereocenters. The second kappa shape index (κ2) is 11.1. The number of aryl methyl sites for hydroxylation is 1. The van der Waals surface area contributed by atoms with E-state index in [0.717, 1.165) is 18.4 Å².